The molecule has 0 unspecified atom stereocenters. The summed E-state index contributed by atoms with van der Waals surface area (Å²) in [6.07, 6.45) is -0.200. The molecule has 0 aromatic heterocycles. The van der Waals surface area contributed by atoms with Gasteiger partial charge in [-0.3, -0.25) is 0 Å². The van der Waals surface area contributed by atoms with Crippen molar-refractivity contribution in [2.24, 2.45) is 0 Å². The van der Waals surface area contributed by atoms with Gasteiger partial charge in [0.15, 0.2) is 0 Å². The van der Waals surface area contributed by atoms with E-state index in [2.05, 4.69) is 34.1 Å². The second-order valence-corrected chi connectivity index (χ2v) is 5.09. The van der Waals surface area contributed by atoms with E-state index in [4.69, 9.17) is 4.74 Å². The molecular weight excluding hydrogens is 254 g/mol. The summed E-state index contributed by atoms with van der Waals surface area (Å²) < 4.78 is 5.03. The van der Waals surface area contributed by atoms with Crippen LogP contribution in [0.3, 0.4) is 0 Å². The second-order valence-electron chi connectivity index (χ2n) is 5.09. The van der Waals surface area contributed by atoms with Gasteiger partial charge in [-0.15, -0.1) is 0 Å². The molecule has 110 valence electrons. The van der Waals surface area contributed by atoms with Crippen molar-refractivity contribution in [2.75, 3.05) is 56.7 Å². The number of carbonyl (C=O) groups is 1. The molecule has 1 aliphatic rings. The fourth-order valence-electron chi connectivity index (χ4n) is 2.33. The van der Waals surface area contributed by atoms with Gasteiger partial charge in [-0.25, -0.2) is 4.79 Å². The van der Waals surface area contributed by atoms with E-state index in [9.17, 15) is 4.79 Å². The number of ether oxygens (including phenoxy) is 1. The Morgan fingerprint density at radius 1 is 1.25 bits per heavy atom. The minimum atomic E-state index is -0.200. The molecule has 1 amide bonds. The minimum absolute atomic E-state index is 0.200. The Morgan fingerprint density at radius 2 is 1.95 bits per heavy atom. The maximum atomic E-state index is 11.7. The van der Waals surface area contributed by atoms with Gasteiger partial charge in [0.1, 0.15) is 0 Å². The molecule has 1 aromatic carbocycles. The highest BCUT2D eigenvalue weighted by atomic mass is 16.6. The Bertz CT molecular complexity index is 454. The van der Waals surface area contributed by atoms with Gasteiger partial charge in [0, 0.05) is 51.6 Å². The van der Waals surface area contributed by atoms with Crippen molar-refractivity contribution in [1.29, 1.82) is 0 Å². The molecular formula is C15H23N3O2. The highest BCUT2D eigenvalue weighted by Gasteiger charge is 2.22. The van der Waals surface area contributed by atoms with Gasteiger partial charge in [0.05, 0.1) is 6.61 Å². The molecule has 1 aromatic rings. The number of amides is 1. The number of carbonyl (C=O) groups excluding carboxylic acids is 1. The summed E-state index contributed by atoms with van der Waals surface area (Å²) in [4.78, 5) is 17.8. The van der Waals surface area contributed by atoms with Crippen LogP contribution >= 0.6 is 0 Å². The SMILES string of the molecule is CCOC(=O)N1CCN(c2cccc(N(C)C)c2)CC1. The summed E-state index contributed by atoms with van der Waals surface area (Å²) in [5.74, 6) is 0. The van der Waals surface area contributed by atoms with Crippen molar-refractivity contribution >= 4 is 17.5 Å². The zero-order valence-corrected chi connectivity index (χ0v) is 12.5. The van der Waals surface area contributed by atoms with E-state index in [1.165, 1.54) is 11.4 Å². The third-order valence-electron chi connectivity index (χ3n) is 3.52. The van der Waals surface area contributed by atoms with Crippen LogP contribution < -0.4 is 9.80 Å². The van der Waals surface area contributed by atoms with Crippen molar-refractivity contribution in [3.05, 3.63) is 24.3 Å². The van der Waals surface area contributed by atoms with Crippen LogP contribution in [0.25, 0.3) is 0 Å². The Kier molecular flexibility index (Phi) is 4.71. The first kappa shape index (κ1) is 14.5. The fraction of sp³-hybridized carbons (Fsp3) is 0.533. The number of piperazine rings is 1. The van der Waals surface area contributed by atoms with E-state index in [1.807, 2.05) is 21.0 Å². The molecule has 0 radical (unpaired) electrons. The van der Waals surface area contributed by atoms with Crippen molar-refractivity contribution in [2.45, 2.75) is 6.92 Å². The van der Waals surface area contributed by atoms with Gasteiger partial charge in [0.2, 0.25) is 0 Å². The predicted molar refractivity (Wildman–Crippen MR) is 81.6 cm³/mol. The molecule has 1 aliphatic heterocycles. The number of hydrogen-bond donors (Lipinski definition) is 0. The summed E-state index contributed by atoms with van der Waals surface area (Å²) in [6, 6.07) is 8.47. The zero-order chi connectivity index (χ0) is 14.5. The average molecular weight is 277 g/mol. The lowest BCUT2D eigenvalue weighted by Gasteiger charge is -2.35. The molecule has 2 rings (SSSR count). The Morgan fingerprint density at radius 3 is 2.55 bits per heavy atom. The average Bonchev–Trinajstić information content (AvgIpc) is 2.48. The monoisotopic (exact) mass is 277 g/mol. The van der Waals surface area contributed by atoms with Crippen LogP contribution in [0.2, 0.25) is 0 Å². The highest BCUT2D eigenvalue weighted by Crippen LogP contribution is 2.22. The van der Waals surface area contributed by atoms with Crippen LogP contribution in [0.1, 0.15) is 6.92 Å². The van der Waals surface area contributed by atoms with Crippen LogP contribution in [0.5, 0.6) is 0 Å². The Hall–Kier alpha value is -1.91. The zero-order valence-electron chi connectivity index (χ0n) is 12.5. The fourth-order valence-corrected chi connectivity index (χ4v) is 2.33. The van der Waals surface area contributed by atoms with Crippen LogP contribution in [-0.2, 0) is 4.74 Å². The number of nitrogens with zero attached hydrogens (tertiary/aromatic N) is 3. The van der Waals surface area contributed by atoms with E-state index >= 15 is 0 Å². The normalized spacial score (nSPS) is 15.2. The summed E-state index contributed by atoms with van der Waals surface area (Å²) in [6.45, 7) is 5.38. The van der Waals surface area contributed by atoms with Gasteiger partial charge in [-0.2, -0.15) is 0 Å². The third-order valence-corrected chi connectivity index (χ3v) is 3.52. The van der Waals surface area contributed by atoms with Crippen molar-refractivity contribution < 1.29 is 9.53 Å². The molecule has 5 heteroatoms. The van der Waals surface area contributed by atoms with Crippen LogP contribution in [0, 0.1) is 0 Å². The number of anilines is 2. The molecule has 0 N–H and O–H groups in total. The van der Waals surface area contributed by atoms with Gasteiger partial charge in [-0.05, 0) is 25.1 Å². The molecule has 0 saturated carbocycles. The van der Waals surface area contributed by atoms with Crippen LogP contribution in [0.4, 0.5) is 16.2 Å². The summed E-state index contributed by atoms with van der Waals surface area (Å²) in [7, 11) is 4.08. The molecule has 0 bridgehead atoms. The molecule has 0 aliphatic carbocycles. The van der Waals surface area contributed by atoms with E-state index < -0.39 is 0 Å². The molecule has 0 spiro atoms. The van der Waals surface area contributed by atoms with Gasteiger partial charge >= 0.3 is 6.09 Å². The first-order chi connectivity index (χ1) is 9.61. The first-order valence-electron chi connectivity index (χ1n) is 7.06. The van der Waals surface area contributed by atoms with E-state index in [0.717, 1.165) is 13.1 Å². The lowest BCUT2D eigenvalue weighted by atomic mass is 10.2. The van der Waals surface area contributed by atoms with Gasteiger partial charge in [0.25, 0.3) is 0 Å². The number of hydrogen-bond acceptors (Lipinski definition) is 4. The number of benzene rings is 1. The smallest absolute Gasteiger partial charge is 0.409 e. The van der Waals surface area contributed by atoms with Gasteiger partial charge < -0.3 is 19.4 Å². The first-order valence-corrected chi connectivity index (χ1v) is 7.06. The van der Waals surface area contributed by atoms with Crippen LogP contribution in [-0.4, -0.2) is 57.9 Å². The highest BCUT2D eigenvalue weighted by molar-refractivity contribution is 5.68. The van der Waals surface area contributed by atoms with Crippen molar-refractivity contribution in [1.82, 2.24) is 4.90 Å². The Labute approximate surface area is 120 Å². The quantitative estimate of drug-likeness (QED) is 0.847. The third kappa shape index (κ3) is 3.35. The molecule has 0 atom stereocenters. The number of rotatable bonds is 3. The topological polar surface area (TPSA) is 36.0 Å². The van der Waals surface area contributed by atoms with E-state index in [1.54, 1.807) is 4.90 Å². The molecule has 1 heterocycles. The maximum absolute atomic E-state index is 11.7. The summed E-state index contributed by atoms with van der Waals surface area (Å²) in [5, 5.41) is 0. The second kappa shape index (κ2) is 6.50. The largest absolute Gasteiger partial charge is 0.450 e. The van der Waals surface area contributed by atoms with E-state index in [0.29, 0.717) is 19.7 Å². The van der Waals surface area contributed by atoms with Crippen molar-refractivity contribution in [3.63, 3.8) is 0 Å². The summed E-state index contributed by atoms with van der Waals surface area (Å²) in [5.41, 5.74) is 2.40. The molecule has 5 nitrogen and oxygen atoms in total. The molecule has 20 heavy (non-hydrogen) atoms. The van der Waals surface area contributed by atoms with Gasteiger partial charge in [-0.1, -0.05) is 6.07 Å². The molecule has 1 saturated heterocycles. The van der Waals surface area contributed by atoms with Crippen LogP contribution in [0.15, 0.2) is 24.3 Å². The van der Waals surface area contributed by atoms with Crippen molar-refractivity contribution in [3.8, 4) is 0 Å². The van der Waals surface area contributed by atoms with E-state index in [-0.39, 0.29) is 6.09 Å². The maximum Gasteiger partial charge on any atom is 0.409 e. The predicted octanol–water partition coefficient (Wildman–Crippen LogP) is 2.03. The Balaban J connectivity index is 1.97. The molecule has 1 fully saturated rings. The lowest BCUT2D eigenvalue weighted by Crippen LogP contribution is -2.49. The minimum Gasteiger partial charge on any atom is -0.450 e. The lowest BCUT2D eigenvalue weighted by molar-refractivity contribution is 0.105. The summed E-state index contributed by atoms with van der Waals surface area (Å²) >= 11 is 0. The standard InChI is InChI=1S/C15H23N3O2/c1-4-20-15(19)18-10-8-17(9-11-18)14-7-5-6-13(12-14)16(2)3/h5-7,12H,4,8-11H2,1-3H3.